The first-order valence-electron chi connectivity index (χ1n) is 6.67. The fourth-order valence-corrected chi connectivity index (χ4v) is 2.87. The molecule has 5 nitrogen and oxygen atoms in total. The zero-order valence-corrected chi connectivity index (χ0v) is 12.7. The number of urea groups is 1. The SMILES string of the molecule is O=C(Nc1cc(Cl)ccc1Cl)N1CCC[C@@H]1c1ncc[nH]1. The maximum absolute atomic E-state index is 12.5. The molecule has 0 unspecified atom stereocenters. The van der Waals surface area contributed by atoms with Gasteiger partial charge in [0, 0.05) is 24.0 Å². The molecule has 2 amide bonds. The number of carbonyl (C=O) groups is 1. The van der Waals surface area contributed by atoms with Crippen molar-refractivity contribution in [3.05, 3.63) is 46.5 Å². The fourth-order valence-electron chi connectivity index (χ4n) is 2.53. The number of hydrogen-bond acceptors (Lipinski definition) is 2. The lowest BCUT2D eigenvalue weighted by Crippen LogP contribution is -2.34. The Morgan fingerprint density at radius 2 is 2.29 bits per heavy atom. The van der Waals surface area contributed by atoms with Crippen LogP contribution in [-0.4, -0.2) is 27.4 Å². The second kappa shape index (κ2) is 5.95. The number of likely N-dealkylation sites (tertiary alicyclic amines) is 1. The number of aromatic amines is 1. The molecule has 2 aromatic rings. The van der Waals surface area contributed by atoms with Gasteiger partial charge in [-0.25, -0.2) is 9.78 Å². The van der Waals surface area contributed by atoms with E-state index in [1.807, 2.05) is 0 Å². The molecule has 0 radical (unpaired) electrons. The van der Waals surface area contributed by atoms with Crippen LogP contribution in [0.4, 0.5) is 10.5 Å². The van der Waals surface area contributed by atoms with E-state index in [0.29, 0.717) is 22.3 Å². The fraction of sp³-hybridized carbons (Fsp3) is 0.286. The molecule has 3 rings (SSSR count). The number of amides is 2. The van der Waals surface area contributed by atoms with Crippen molar-refractivity contribution in [3.8, 4) is 0 Å². The third-order valence-corrected chi connectivity index (χ3v) is 4.08. The molecule has 0 spiro atoms. The highest BCUT2D eigenvalue weighted by Gasteiger charge is 2.31. The second-order valence-corrected chi connectivity index (χ2v) is 5.72. The number of anilines is 1. The molecule has 1 aliphatic heterocycles. The Morgan fingerprint density at radius 3 is 3.05 bits per heavy atom. The van der Waals surface area contributed by atoms with Crippen LogP contribution in [0, 0.1) is 0 Å². The standard InChI is InChI=1S/C14H14Cl2N4O/c15-9-3-4-10(16)11(8-9)19-14(21)20-7-1-2-12(20)13-17-5-6-18-13/h3-6,8,12H,1-2,7H2,(H,17,18)(H,19,21)/t12-/m1/s1. The number of nitrogens with one attached hydrogen (secondary N) is 2. The number of H-pyrrole nitrogens is 1. The number of hydrogen-bond donors (Lipinski definition) is 2. The van der Waals surface area contributed by atoms with Gasteiger partial charge < -0.3 is 15.2 Å². The van der Waals surface area contributed by atoms with E-state index in [1.54, 1.807) is 35.5 Å². The van der Waals surface area contributed by atoms with Crippen LogP contribution >= 0.6 is 23.2 Å². The summed E-state index contributed by atoms with van der Waals surface area (Å²) in [6, 6.07) is 4.75. The average Bonchev–Trinajstić information content (AvgIpc) is 3.12. The summed E-state index contributed by atoms with van der Waals surface area (Å²) in [4.78, 5) is 21.5. The molecule has 1 aromatic heterocycles. The summed E-state index contributed by atoms with van der Waals surface area (Å²) in [7, 11) is 0. The van der Waals surface area contributed by atoms with Gasteiger partial charge in [0.25, 0.3) is 0 Å². The predicted molar refractivity (Wildman–Crippen MR) is 82.7 cm³/mol. The Morgan fingerprint density at radius 1 is 1.43 bits per heavy atom. The van der Waals surface area contributed by atoms with Gasteiger partial charge in [0.05, 0.1) is 16.8 Å². The summed E-state index contributed by atoms with van der Waals surface area (Å²) < 4.78 is 0. The first-order valence-corrected chi connectivity index (χ1v) is 7.42. The molecule has 0 bridgehead atoms. The maximum atomic E-state index is 12.5. The zero-order chi connectivity index (χ0) is 14.8. The Balaban J connectivity index is 1.77. The highest BCUT2D eigenvalue weighted by Crippen LogP contribution is 2.31. The molecule has 1 atom stereocenters. The van der Waals surface area contributed by atoms with Crippen LogP contribution in [0.5, 0.6) is 0 Å². The molecule has 21 heavy (non-hydrogen) atoms. The van der Waals surface area contributed by atoms with Crippen LogP contribution in [0.2, 0.25) is 10.0 Å². The van der Waals surface area contributed by atoms with Gasteiger partial charge in [0.15, 0.2) is 0 Å². The Labute approximate surface area is 132 Å². The van der Waals surface area contributed by atoms with Crippen LogP contribution in [-0.2, 0) is 0 Å². The number of aromatic nitrogens is 2. The highest BCUT2D eigenvalue weighted by molar-refractivity contribution is 6.35. The number of halogens is 2. The van der Waals surface area contributed by atoms with Gasteiger partial charge in [-0.2, -0.15) is 0 Å². The van der Waals surface area contributed by atoms with E-state index >= 15 is 0 Å². The largest absolute Gasteiger partial charge is 0.347 e. The first kappa shape index (κ1) is 14.2. The third-order valence-electron chi connectivity index (χ3n) is 3.52. The Hall–Kier alpha value is -1.72. The highest BCUT2D eigenvalue weighted by atomic mass is 35.5. The normalized spacial score (nSPS) is 18.0. The lowest BCUT2D eigenvalue weighted by atomic mass is 10.2. The van der Waals surface area contributed by atoms with E-state index in [9.17, 15) is 4.79 Å². The van der Waals surface area contributed by atoms with Crippen molar-refractivity contribution in [2.24, 2.45) is 0 Å². The van der Waals surface area contributed by atoms with Gasteiger partial charge in [-0.1, -0.05) is 23.2 Å². The van der Waals surface area contributed by atoms with Crippen molar-refractivity contribution >= 4 is 34.9 Å². The monoisotopic (exact) mass is 324 g/mol. The van der Waals surface area contributed by atoms with Gasteiger partial charge in [0.1, 0.15) is 5.82 Å². The van der Waals surface area contributed by atoms with Gasteiger partial charge >= 0.3 is 6.03 Å². The van der Waals surface area contributed by atoms with Crippen molar-refractivity contribution in [1.29, 1.82) is 0 Å². The lowest BCUT2D eigenvalue weighted by Gasteiger charge is -2.23. The molecule has 1 saturated heterocycles. The topological polar surface area (TPSA) is 61.0 Å². The third kappa shape index (κ3) is 2.99. The molecular formula is C14H14Cl2N4O. The number of imidazole rings is 1. The van der Waals surface area contributed by atoms with E-state index in [-0.39, 0.29) is 12.1 Å². The molecule has 110 valence electrons. The van der Waals surface area contributed by atoms with E-state index in [1.165, 1.54) is 0 Å². The summed E-state index contributed by atoms with van der Waals surface area (Å²) in [6.07, 6.45) is 5.29. The maximum Gasteiger partial charge on any atom is 0.322 e. The predicted octanol–water partition coefficient (Wildman–Crippen LogP) is 4.09. The van der Waals surface area contributed by atoms with Crippen LogP contribution < -0.4 is 5.32 Å². The van der Waals surface area contributed by atoms with E-state index in [2.05, 4.69) is 15.3 Å². The summed E-state index contributed by atoms with van der Waals surface area (Å²) >= 11 is 12.0. The molecule has 2 N–H and O–H groups in total. The van der Waals surface area contributed by atoms with Gasteiger partial charge in [-0.05, 0) is 31.0 Å². The van der Waals surface area contributed by atoms with Crippen LogP contribution in [0.25, 0.3) is 0 Å². The minimum atomic E-state index is -0.196. The number of carbonyl (C=O) groups excluding carboxylic acids is 1. The molecular weight excluding hydrogens is 311 g/mol. The van der Waals surface area contributed by atoms with E-state index in [0.717, 1.165) is 18.7 Å². The Kier molecular flexibility index (Phi) is 4.03. The Bertz CT molecular complexity index is 644. The van der Waals surface area contributed by atoms with E-state index in [4.69, 9.17) is 23.2 Å². The molecule has 0 saturated carbocycles. The van der Waals surface area contributed by atoms with Crippen molar-refractivity contribution in [1.82, 2.24) is 14.9 Å². The number of rotatable bonds is 2. The minimum Gasteiger partial charge on any atom is -0.347 e. The van der Waals surface area contributed by atoms with Crippen molar-refractivity contribution < 1.29 is 4.79 Å². The smallest absolute Gasteiger partial charge is 0.322 e. The quantitative estimate of drug-likeness (QED) is 0.874. The molecule has 1 aromatic carbocycles. The van der Waals surface area contributed by atoms with Crippen molar-refractivity contribution in [2.75, 3.05) is 11.9 Å². The summed E-state index contributed by atoms with van der Waals surface area (Å²) in [5.41, 5.74) is 0.513. The van der Waals surface area contributed by atoms with Gasteiger partial charge in [-0.15, -0.1) is 0 Å². The number of benzene rings is 1. The summed E-state index contributed by atoms with van der Waals surface area (Å²) in [5, 5.41) is 3.80. The average molecular weight is 325 g/mol. The molecule has 1 aliphatic rings. The van der Waals surface area contributed by atoms with Gasteiger partial charge in [0.2, 0.25) is 0 Å². The second-order valence-electron chi connectivity index (χ2n) is 4.88. The summed E-state index contributed by atoms with van der Waals surface area (Å²) in [6.45, 7) is 0.690. The summed E-state index contributed by atoms with van der Waals surface area (Å²) in [5.74, 6) is 0.805. The molecule has 2 heterocycles. The van der Waals surface area contributed by atoms with E-state index < -0.39 is 0 Å². The minimum absolute atomic E-state index is 0.0297. The van der Waals surface area contributed by atoms with Crippen molar-refractivity contribution in [2.45, 2.75) is 18.9 Å². The van der Waals surface area contributed by atoms with Gasteiger partial charge in [-0.3, -0.25) is 0 Å². The molecule has 0 aliphatic carbocycles. The number of nitrogens with zero attached hydrogens (tertiary/aromatic N) is 2. The van der Waals surface area contributed by atoms with Crippen LogP contribution in [0.15, 0.2) is 30.6 Å². The van der Waals surface area contributed by atoms with Crippen LogP contribution in [0.1, 0.15) is 24.7 Å². The van der Waals surface area contributed by atoms with Crippen molar-refractivity contribution in [3.63, 3.8) is 0 Å². The van der Waals surface area contributed by atoms with Crippen LogP contribution in [0.3, 0.4) is 0 Å². The zero-order valence-electron chi connectivity index (χ0n) is 11.1. The first-order chi connectivity index (χ1) is 10.1. The molecule has 1 fully saturated rings. The lowest BCUT2D eigenvalue weighted by molar-refractivity contribution is 0.205. The molecule has 7 heteroatoms.